The van der Waals surface area contributed by atoms with Gasteiger partial charge in [-0.15, -0.1) is 0 Å². The van der Waals surface area contributed by atoms with Gasteiger partial charge in [-0.05, 0) is 74.3 Å². The fraction of sp³-hybridized carbons (Fsp3) is 0.462. The Kier molecular flexibility index (Phi) is 5.05. The second kappa shape index (κ2) is 7.97. The molecule has 3 aliphatic rings. The maximum atomic E-state index is 12.9. The number of hydrogen-bond acceptors (Lipinski definition) is 4. The quantitative estimate of drug-likeness (QED) is 0.596. The number of aryl methyl sites for hydroxylation is 2. The number of fused-ring (bicyclic) bond motifs is 5. The molecule has 33 heavy (non-hydrogen) atoms. The Morgan fingerprint density at radius 3 is 2.64 bits per heavy atom. The van der Waals surface area contributed by atoms with Crippen LogP contribution in [0.25, 0.3) is 22.2 Å². The van der Waals surface area contributed by atoms with Crippen LogP contribution in [0.2, 0.25) is 0 Å². The highest BCUT2D eigenvalue weighted by Gasteiger charge is 2.37. The number of aromatic nitrogens is 2. The molecule has 3 heterocycles. The van der Waals surface area contributed by atoms with Crippen LogP contribution in [0.4, 0.5) is 0 Å². The number of sulfonamides is 1. The Balaban J connectivity index is 1.51. The number of benzene rings is 1. The summed E-state index contributed by atoms with van der Waals surface area (Å²) in [4.78, 5) is 17.6. The highest BCUT2D eigenvalue weighted by atomic mass is 32.2. The molecular weight excluding hydrogens is 434 g/mol. The van der Waals surface area contributed by atoms with Gasteiger partial charge in [0.25, 0.3) is 5.91 Å². The van der Waals surface area contributed by atoms with E-state index in [0.29, 0.717) is 24.3 Å². The Morgan fingerprint density at radius 1 is 1.03 bits per heavy atom. The monoisotopic (exact) mass is 463 g/mol. The molecule has 2 aromatic heterocycles. The first-order valence-corrected chi connectivity index (χ1v) is 13.7. The van der Waals surface area contributed by atoms with Gasteiger partial charge in [0.2, 0.25) is 10.0 Å². The van der Waals surface area contributed by atoms with Crippen molar-refractivity contribution >= 4 is 26.8 Å². The van der Waals surface area contributed by atoms with Gasteiger partial charge in [-0.25, -0.2) is 13.1 Å². The van der Waals surface area contributed by atoms with E-state index in [0.717, 1.165) is 30.6 Å². The van der Waals surface area contributed by atoms with E-state index in [-0.39, 0.29) is 0 Å². The van der Waals surface area contributed by atoms with Crippen LogP contribution in [0.3, 0.4) is 0 Å². The lowest BCUT2D eigenvalue weighted by Crippen LogP contribution is -2.33. The average Bonchev–Trinajstić information content (AvgIpc) is 3.65. The summed E-state index contributed by atoms with van der Waals surface area (Å²) in [5.41, 5.74) is 6.41. The van der Waals surface area contributed by atoms with Gasteiger partial charge in [0.15, 0.2) is 0 Å². The summed E-state index contributed by atoms with van der Waals surface area (Å²) in [5.74, 6) is -0.0344. The van der Waals surface area contributed by atoms with Crippen LogP contribution >= 0.6 is 0 Å². The SMILES string of the molecule is O=C(NS(=O)(=O)C1CC1)c1ccc2c(C3CCCCC3)c3n(c2c1)CCCc1ncccc1-3. The van der Waals surface area contributed by atoms with Gasteiger partial charge >= 0.3 is 0 Å². The van der Waals surface area contributed by atoms with Gasteiger partial charge in [-0.1, -0.05) is 25.3 Å². The second-order valence-electron chi connectivity index (χ2n) is 9.76. The first-order chi connectivity index (χ1) is 16.0. The van der Waals surface area contributed by atoms with Crippen molar-refractivity contribution in [3.8, 4) is 11.3 Å². The molecule has 1 aliphatic heterocycles. The van der Waals surface area contributed by atoms with Crippen molar-refractivity contribution in [2.45, 2.75) is 75.5 Å². The molecule has 1 aromatic carbocycles. The number of nitrogens with zero attached hydrogens (tertiary/aromatic N) is 2. The van der Waals surface area contributed by atoms with Crippen LogP contribution in [-0.2, 0) is 23.0 Å². The molecule has 1 N–H and O–H groups in total. The third-order valence-electron chi connectivity index (χ3n) is 7.52. The molecule has 0 unspecified atom stereocenters. The first-order valence-electron chi connectivity index (χ1n) is 12.2. The van der Waals surface area contributed by atoms with E-state index in [9.17, 15) is 13.2 Å². The summed E-state index contributed by atoms with van der Waals surface area (Å²) in [6, 6.07) is 9.91. The van der Waals surface area contributed by atoms with Gasteiger partial charge in [0, 0.05) is 40.5 Å². The van der Waals surface area contributed by atoms with Gasteiger partial charge in [0.05, 0.1) is 10.9 Å². The van der Waals surface area contributed by atoms with Crippen LogP contribution in [0.5, 0.6) is 0 Å². The molecule has 0 saturated heterocycles. The molecule has 3 aromatic rings. The minimum atomic E-state index is -3.58. The molecule has 6 nitrogen and oxygen atoms in total. The lowest BCUT2D eigenvalue weighted by Gasteiger charge is -2.23. The van der Waals surface area contributed by atoms with Crippen molar-refractivity contribution in [3.63, 3.8) is 0 Å². The normalized spacial score (nSPS) is 19.0. The molecule has 2 aliphatic carbocycles. The highest BCUT2D eigenvalue weighted by Crippen LogP contribution is 2.45. The summed E-state index contributed by atoms with van der Waals surface area (Å²) in [7, 11) is -3.58. The maximum absolute atomic E-state index is 12.9. The topological polar surface area (TPSA) is 81.1 Å². The van der Waals surface area contributed by atoms with Crippen molar-refractivity contribution in [1.82, 2.24) is 14.3 Å². The number of pyridine rings is 1. The lowest BCUT2D eigenvalue weighted by atomic mass is 9.81. The molecule has 2 fully saturated rings. The second-order valence-corrected chi connectivity index (χ2v) is 11.7. The summed E-state index contributed by atoms with van der Waals surface area (Å²) in [6.45, 7) is 0.861. The van der Waals surface area contributed by atoms with E-state index in [1.54, 1.807) is 6.07 Å². The molecule has 0 spiro atoms. The maximum Gasteiger partial charge on any atom is 0.264 e. The predicted molar refractivity (Wildman–Crippen MR) is 129 cm³/mol. The fourth-order valence-corrected chi connectivity index (χ4v) is 7.05. The molecular formula is C26H29N3O3S. The van der Waals surface area contributed by atoms with Crippen molar-refractivity contribution < 1.29 is 13.2 Å². The average molecular weight is 464 g/mol. The molecule has 1 amide bonds. The van der Waals surface area contributed by atoms with Crippen LogP contribution in [0, 0.1) is 0 Å². The van der Waals surface area contributed by atoms with E-state index in [4.69, 9.17) is 4.98 Å². The summed E-state index contributed by atoms with van der Waals surface area (Å²) < 4.78 is 29.3. The van der Waals surface area contributed by atoms with Gasteiger partial charge in [-0.3, -0.25) is 9.78 Å². The van der Waals surface area contributed by atoms with Crippen molar-refractivity contribution in [3.05, 3.63) is 53.3 Å². The van der Waals surface area contributed by atoms with E-state index in [1.165, 1.54) is 54.3 Å². The summed E-state index contributed by atoms with van der Waals surface area (Å²) in [6.07, 6.45) is 11.2. The van der Waals surface area contributed by atoms with Gasteiger partial charge in [-0.2, -0.15) is 0 Å². The summed E-state index contributed by atoms with van der Waals surface area (Å²) >= 11 is 0. The number of carbonyl (C=O) groups excluding carboxylic acids is 1. The zero-order valence-electron chi connectivity index (χ0n) is 18.7. The van der Waals surface area contributed by atoms with E-state index >= 15 is 0 Å². The Bertz CT molecular complexity index is 1350. The fourth-order valence-electron chi connectivity index (χ4n) is 5.75. The minimum Gasteiger partial charge on any atom is -0.340 e. The van der Waals surface area contributed by atoms with Gasteiger partial charge < -0.3 is 4.57 Å². The zero-order chi connectivity index (χ0) is 22.6. The number of nitrogens with one attached hydrogen (secondary N) is 1. The van der Waals surface area contributed by atoms with E-state index in [2.05, 4.69) is 15.4 Å². The zero-order valence-corrected chi connectivity index (χ0v) is 19.5. The number of carbonyl (C=O) groups is 1. The largest absolute Gasteiger partial charge is 0.340 e. The minimum absolute atomic E-state index is 0.401. The number of amides is 1. The van der Waals surface area contributed by atoms with Crippen LogP contribution in [0.15, 0.2) is 36.5 Å². The first kappa shape index (κ1) is 20.9. The van der Waals surface area contributed by atoms with Crippen molar-refractivity contribution in [1.29, 1.82) is 0 Å². The van der Waals surface area contributed by atoms with Crippen LogP contribution in [0.1, 0.15) is 78.9 Å². The molecule has 6 rings (SSSR count). The van der Waals surface area contributed by atoms with Crippen molar-refractivity contribution in [2.24, 2.45) is 0 Å². The third-order valence-corrected chi connectivity index (χ3v) is 9.34. The molecule has 7 heteroatoms. The number of hydrogen-bond donors (Lipinski definition) is 1. The molecule has 0 radical (unpaired) electrons. The molecule has 2 saturated carbocycles. The Hall–Kier alpha value is -2.67. The third kappa shape index (κ3) is 3.66. The van der Waals surface area contributed by atoms with Crippen molar-refractivity contribution in [2.75, 3.05) is 0 Å². The molecule has 0 bridgehead atoms. The Labute approximate surface area is 194 Å². The highest BCUT2D eigenvalue weighted by molar-refractivity contribution is 7.91. The lowest BCUT2D eigenvalue weighted by molar-refractivity contribution is 0.0981. The Morgan fingerprint density at radius 2 is 1.85 bits per heavy atom. The van der Waals surface area contributed by atoms with E-state index < -0.39 is 21.2 Å². The molecule has 0 atom stereocenters. The predicted octanol–water partition coefficient (Wildman–Crippen LogP) is 4.92. The van der Waals surface area contributed by atoms with Gasteiger partial charge in [0.1, 0.15) is 0 Å². The molecule has 172 valence electrons. The van der Waals surface area contributed by atoms with Crippen LogP contribution < -0.4 is 4.72 Å². The summed E-state index contributed by atoms with van der Waals surface area (Å²) in [5, 5.41) is 0.770. The number of rotatable bonds is 4. The smallest absolute Gasteiger partial charge is 0.264 e. The van der Waals surface area contributed by atoms with Crippen LogP contribution in [-0.4, -0.2) is 29.1 Å². The standard InChI is InChI=1S/C26H29N3O3S/c30-26(28-33(31,32)19-11-12-19)18-10-13-21-23(16-18)29-15-5-9-22-20(8-4-14-27-22)25(29)24(21)17-6-2-1-3-7-17/h4,8,10,13-14,16-17,19H,1-3,5-7,9,11-12,15H2,(H,28,30). The van der Waals surface area contributed by atoms with E-state index in [1.807, 2.05) is 24.4 Å².